The maximum atomic E-state index is 12.4. The normalized spacial score (nSPS) is 16.2. The molecule has 0 aliphatic heterocycles. The molecule has 0 saturated heterocycles. The van der Waals surface area contributed by atoms with Gasteiger partial charge in [-0.25, -0.2) is 8.93 Å². The minimum Gasteiger partial charge on any atom is -0.375 e. The molecule has 0 aliphatic rings. The van der Waals surface area contributed by atoms with Crippen molar-refractivity contribution in [1.29, 1.82) is 0 Å². The Labute approximate surface area is 138 Å². The molecule has 0 bridgehead atoms. The van der Waals surface area contributed by atoms with Crippen LogP contribution in [0.2, 0.25) is 0 Å². The minimum atomic E-state index is -1.09. The van der Waals surface area contributed by atoms with Crippen LogP contribution in [0.5, 0.6) is 0 Å². The van der Waals surface area contributed by atoms with Crippen molar-refractivity contribution in [2.75, 3.05) is 6.61 Å². The molecular weight excluding hydrogens is 294 g/mol. The van der Waals surface area contributed by atoms with E-state index in [-0.39, 0.29) is 10.3 Å². The van der Waals surface area contributed by atoms with Crippen LogP contribution in [0.4, 0.5) is 0 Å². The fourth-order valence-electron chi connectivity index (χ4n) is 2.06. The van der Waals surface area contributed by atoms with E-state index in [2.05, 4.69) is 30.7 Å². The highest BCUT2D eigenvalue weighted by Gasteiger charge is 2.30. The van der Waals surface area contributed by atoms with Crippen LogP contribution in [0, 0.1) is 0 Å². The molecule has 0 aliphatic carbocycles. The molecule has 1 aromatic rings. The predicted octanol–water partition coefficient (Wildman–Crippen LogP) is 4.20. The van der Waals surface area contributed by atoms with Gasteiger partial charge in [0.1, 0.15) is 0 Å². The second-order valence-corrected chi connectivity index (χ2v) is 9.09. The average Bonchev–Trinajstić information content (AvgIpc) is 2.45. The summed E-state index contributed by atoms with van der Waals surface area (Å²) >= 11 is 0. The van der Waals surface area contributed by atoms with Gasteiger partial charge in [0.2, 0.25) is 0 Å². The lowest BCUT2D eigenvalue weighted by Crippen LogP contribution is -2.51. The molecule has 4 heteroatoms. The van der Waals surface area contributed by atoms with Crippen molar-refractivity contribution in [3.05, 3.63) is 35.9 Å². The van der Waals surface area contributed by atoms with E-state index in [9.17, 15) is 4.21 Å². The van der Waals surface area contributed by atoms with Crippen LogP contribution in [-0.2, 0) is 22.3 Å². The fraction of sp³-hybridized carbons (Fsp3) is 0.667. The highest BCUT2D eigenvalue weighted by molar-refractivity contribution is 7.84. The van der Waals surface area contributed by atoms with Crippen LogP contribution in [0.25, 0.3) is 0 Å². The highest BCUT2D eigenvalue weighted by atomic mass is 32.2. The van der Waals surface area contributed by atoms with Crippen molar-refractivity contribution in [3.63, 3.8) is 0 Å². The molecule has 0 saturated carbocycles. The van der Waals surface area contributed by atoms with Crippen LogP contribution in [0.3, 0.4) is 0 Å². The van der Waals surface area contributed by atoms with Gasteiger partial charge in [-0.05, 0) is 39.7 Å². The third-order valence-corrected chi connectivity index (χ3v) is 5.30. The molecule has 0 amide bonds. The van der Waals surface area contributed by atoms with Gasteiger partial charge >= 0.3 is 0 Å². The van der Waals surface area contributed by atoms with E-state index in [4.69, 9.17) is 4.74 Å². The highest BCUT2D eigenvalue weighted by Crippen LogP contribution is 2.20. The van der Waals surface area contributed by atoms with Crippen molar-refractivity contribution in [3.8, 4) is 0 Å². The van der Waals surface area contributed by atoms with Crippen LogP contribution >= 0.6 is 0 Å². The van der Waals surface area contributed by atoms with Crippen LogP contribution < -0.4 is 4.72 Å². The molecule has 1 N–H and O–H groups in total. The SMILES string of the molecule is CCCC[C@@](C)(COCc1ccccc1)N[S@](=O)C(C)(C)C. The summed E-state index contributed by atoms with van der Waals surface area (Å²) in [5.41, 5.74) is 0.903. The van der Waals surface area contributed by atoms with E-state index in [1.54, 1.807) is 0 Å². The Hall–Kier alpha value is -0.710. The average molecular weight is 326 g/mol. The summed E-state index contributed by atoms with van der Waals surface area (Å²) in [4.78, 5) is 0. The summed E-state index contributed by atoms with van der Waals surface area (Å²) in [5, 5.41) is 0. The summed E-state index contributed by atoms with van der Waals surface area (Å²) in [6.45, 7) is 11.4. The molecule has 0 spiro atoms. The van der Waals surface area contributed by atoms with E-state index in [0.29, 0.717) is 13.2 Å². The zero-order valence-corrected chi connectivity index (χ0v) is 15.5. The Kier molecular flexibility index (Phi) is 7.74. The molecule has 2 atom stereocenters. The first-order valence-corrected chi connectivity index (χ1v) is 9.23. The van der Waals surface area contributed by atoms with Crippen LogP contribution in [-0.4, -0.2) is 21.1 Å². The first kappa shape index (κ1) is 19.3. The molecule has 1 rings (SSSR count). The standard InChI is InChI=1S/C18H31NO2S/c1-6-7-13-18(5,19-22(20)17(2,3)4)15-21-14-16-11-9-8-10-12-16/h8-12,19H,6-7,13-15H2,1-5H3/t18-,22+/m0/s1. The lowest BCUT2D eigenvalue weighted by molar-refractivity contribution is 0.0692. The van der Waals surface area contributed by atoms with Gasteiger partial charge in [0.15, 0.2) is 0 Å². The first-order valence-electron chi connectivity index (χ1n) is 8.08. The topological polar surface area (TPSA) is 38.3 Å². The van der Waals surface area contributed by atoms with Gasteiger partial charge in [0.25, 0.3) is 0 Å². The minimum absolute atomic E-state index is 0.261. The summed E-state index contributed by atoms with van der Waals surface area (Å²) in [6.07, 6.45) is 3.18. The van der Waals surface area contributed by atoms with E-state index >= 15 is 0 Å². The van der Waals surface area contributed by atoms with Gasteiger partial charge in [0.05, 0.1) is 34.5 Å². The van der Waals surface area contributed by atoms with Crippen molar-refractivity contribution in [1.82, 2.24) is 4.72 Å². The second kappa shape index (κ2) is 8.80. The zero-order valence-electron chi connectivity index (χ0n) is 14.6. The quantitative estimate of drug-likeness (QED) is 0.739. The largest absolute Gasteiger partial charge is 0.375 e. The smallest absolute Gasteiger partial charge is 0.0976 e. The number of nitrogens with one attached hydrogen (secondary N) is 1. The number of ether oxygens (including phenoxy) is 1. The molecule has 0 aromatic heterocycles. The summed E-state index contributed by atoms with van der Waals surface area (Å²) in [7, 11) is -1.09. The third-order valence-electron chi connectivity index (χ3n) is 3.51. The molecule has 22 heavy (non-hydrogen) atoms. The Morgan fingerprint density at radius 2 is 1.77 bits per heavy atom. The molecular formula is C18H31NO2S. The van der Waals surface area contributed by atoms with Gasteiger partial charge < -0.3 is 4.74 Å². The molecule has 0 unspecified atom stereocenters. The van der Waals surface area contributed by atoms with E-state index < -0.39 is 11.0 Å². The number of benzene rings is 1. The third kappa shape index (κ3) is 7.03. The number of hydrogen-bond acceptors (Lipinski definition) is 2. The van der Waals surface area contributed by atoms with E-state index in [1.807, 2.05) is 39.0 Å². The van der Waals surface area contributed by atoms with Crippen LogP contribution in [0.15, 0.2) is 30.3 Å². The van der Waals surface area contributed by atoms with Crippen molar-refractivity contribution < 1.29 is 8.95 Å². The van der Waals surface area contributed by atoms with Gasteiger partial charge in [-0.1, -0.05) is 50.1 Å². The Morgan fingerprint density at radius 1 is 1.14 bits per heavy atom. The second-order valence-electron chi connectivity index (χ2n) is 7.13. The van der Waals surface area contributed by atoms with Crippen LogP contribution in [0.1, 0.15) is 59.4 Å². The Bertz CT molecular complexity index is 456. The molecule has 0 heterocycles. The van der Waals surface area contributed by atoms with Crippen molar-refractivity contribution in [2.24, 2.45) is 0 Å². The summed E-state index contributed by atoms with van der Waals surface area (Å²) < 4.78 is 21.4. The number of rotatable bonds is 9. The molecule has 0 radical (unpaired) electrons. The monoisotopic (exact) mass is 325 g/mol. The van der Waals surface area contributed by atoms with Crippen molar-refractivity contribution >= 4 is 11.0 Å². The molecule has 126 valence electrons. The first-order chi connectivity index (χ1) is 10.3. The van der Waals surface area contributed by atoms with Crippen molar-refractivity contribution in [2.45, 2.75) is 70.8 Å². The van der Waals surface area contributed by atoms with E-state index in [0.717, 1.165) is 24.8 Å². The van der Waals surface area contributed by atoms with E-state index in [1.165, 1.54) is 0 Å². The lowest BCUT2D eigenvalue weighted by atomic mass is 9.97. The Balaban J connectivity index is 2.60. The Morgan fingerprint density at radius 3 is 2.32 bits per heavy atom. The molecule has 1 aromatic carbocycles. The van der Waals surface area contributed by atoms with Gasteiger partial charge in [-0.15, -0.1) is 0 Å². The van der Waals surface area contributed by atoms with Gasteiger partial charge in [-0.2, -0.15) is 0 Å². The maximum absolute atomic E-state index is 12.4. The lowest BCUT2D eigenvalue weighted by Gasteiger charge is -2.33. The summed E-state index contributed by atoms with van der Waals surface area (Å²) in [6, 6.07) is 10.2. The van der Waals surface area contributed by atoms with Gasteiger partial charge in [0, 0.05) is 0 Å². The number of hydrogen-bond donors (Lipinski definition) is 1. The number of unbranched alkanes of at least 4 members (excludes halogenated alkanes) is 1. The predicted molar refractivity (Wildman–Crippen MR) is 95.1 cm³/mol. The summed E-state index contributed by atoms with van der Waals surface area (Å²) in [5.74, 6) is 0. The van der Waals surface area contributed by atoms with Gasteiger partial charge in [-0.3, -0.25) is 0 Å². The molecule has 0 fully saturated rings. The fourth-order valence-corrected chi connectivity index (χ4v) is 2.98. The maximum Gasteiger partial charge on any atom is 0.0976 e. The zero-order chi connectivity index (χ0) is 16.6. The molecule has 3 nitrogen and oxygen atoms in total.